The Labute approximate surface area is 172 Å². The molecule has 0 aliphatic carbocycles. The summed E-state index contributed by atoms with van der Waals surface area (Å²) in [6, 6.07) is 21.0. The number of nitrogens with one attached hydrogen (secondary N) is 2. The number of carboxylic acids is 1. The minimum Gasteiger partial charge on any atom is -0.481 e. The van der Waals surface area contributed by atoms with Crippen LogP contribution >= 0.6 is 0 Å². The van der Waals surface area contributed by atoms with Gasteiger partial charge in [0.2, 0.25) is 0 Å². The lowest BCUT2D eigenvalue weighted by atomic mass is 9.97. The van der Waals surface area contributed by atoms with E-state index in [1.165, 1.54) is 12.1 Å². The van der Waals surface area contributed by atoms with Crippen LogP contribution in [-0.2, 0) is 16.0 Å². The van der Waals surface area contributed by atoms with Gasteiger partial charge in [-0.1, -0.05) is 36.4 Å². The number of aliphatic carboxylic acids is 1. The lowest BCUT2D eigenvalue weighted by Gasteiger charge is -2.15. The van der Waals surface area contributed by atoms with Gasteiger partial charge in [-0.3, -0.25) is 9.59 Å². The molecule has 0 saturated heterocycles. The zero-order valence-corrected chi connectivity index (χ0v) is 16.0. The van der Waals surface area contributed by atoms with Crippen LogP contribution in [0.3, 0.4) is 0 Å². The molecular weight excluding hydrogens is 383 g/mol. The summed E-state index contributed by atoms with van der Waals surface area (Å²) >= 11 is 0. The molecule has 3 aromatic carbocycles. The summed E-state index contributed by atoms with van der Waals surface area (Å²) in [5.74, 6) is -1.62. The number of carbonyl (C=O) groups excluding carboxylic acids is 1. The number of carbonyl (C=O) groups is 2. The Morgan fingerprint density at radius 3 is 2.57 bits per heavy atom. The highest BCUT2D eigenvalue weighted by Gasteiger charge is 2.28. The van der Waals surface area contributed by atoms with Crippen molar-refractivity contribution < 1.29 is 19.1 Å². The van der Waals surface area contributed by atoms with Crippen molar-refractivity contribution in [2.75, 3.05) is 10.6 Å². The molecule has 1 aliphatic heterocycles. The number of carboxylic acid groups (broad SMARTS) is 1. The molecule has 5 nitrogen and oxygen atoms in total. The summed E-state index contributed by atoms with van der Waals surface area (Å²) in [6.45, 7) is 0. The monoisotopic (exact) mass is 402 g/mol. The number of anilines is 2. The predicted octanol–water partition coefficient (Wildman–Crippen LogP) is 4.78. The Kier molecular flexibility index (Phi) is 5.30. The second-order valence-corrected chi connectivity index (χ2v) is 6.98. The molecule has 0 radical (unpaired) electrons. The summed E-state index contributed by atoms with van der Waals surface area (Å²) in [4.78, 5) is 23.8. The highest BCUT2D eigenvalue weighted by atomic mass is 19.1. The third-order valence-electron chi connectivity index (χ3n) is 4.86. The summed E-state index contributed by atoms with van der Waals surface area (Å²) in [7, 11) is 0. The van der Waals surface area contributed by atoms with Crippen LogP contribution in [0.2, 0.25) is 0 Å². The fraction of sp³-hybridized carbons (Fsp3) is 0.0833. The topological polar surface area (TPSA) is 78.4 Å². The molecule has 4 rings (SSSR count). The summed E-state index contributed by atoms with van der Waals surface area (Å²) < 4.78 is 13.7. The molecule has 1 heterocycles. The fourth-order valence-electron chi connectivity index (χ4n) is 3.47. The third kappa shape index (κ3) is 4.07. The maximum absolute atomic E-state index is 13.7. The third-order valence-corrected chi connectivity index (χ3v) is 4.86. The Balaban J connectivity index is 1.84. The highest BCUT2D eigenvalue weighted by molar-refractivity contribution is 6.37. The second-order valence-electron chi connectivity index (χ2n) is 6.98. The Morgan fingerprint density at radius 2 is 1.80 bits per heavy atom. The van der Waals surface area contributed by atoms with Gasteiger partial charge in [-0.2, -0.15) is 0 Å². The molecule has 0 aromatic heterocycles. The number of hydrogen-bond acceptors (Lipinski definition) is 3. The van der Waals surface area contributed by atoms with Gasteiger partial charge in [0, 0.05) is 17.7 Å². The lowest BCUT2D eigenvalue weighted by Crippen LogP contribution is -2.10. The van der Waals surface area contributed by atoms with Gasteiger partial charge in [0.05, 0.1) is 17.0 Å². The molecular formula is C24H19FN2O3. The highest BCUT2D eigenvalue weighted by Crippen LogP contribution is 2.38. The molecule has 3 N–H and O–H groups in total. The van der Waals surface area contributed by atoms with Gasteiger partial charge in [0.15, 0.2) is 0 Å². The SMILES string of the molecule is O=C(O)CCc1cccc(/C(Nc2ccccc2)=C2/C(=O)Nc3cc(F)ccc32)c1. The van der Waals surface area contributed by atoms with Gasteiger partial charge in [0.1, 0.15) is 5.82 Å². The number of fused-ring (bicyclic) bond motifs is 1. The predicted molar refractivity (Wildman–Crippen MR) is 114 cm³/mol. The van der Waals surface area contributed by atoms with E-state index < -0.39 is 11.8 Å². The largest absolute Gasteiger partial charge is 0.481 e. The molecule has 0 unspecified atom stereocenters. The van der Waals surface area contributed by atoms with Gasteiger partial charge >= 0.3 is 5.97 Å². The van der Waals surface area contributed by atoms with Gasteiger partial charge in [-0.15, -0.1) is 0 Å². The van der Waals surface area contributed by atoms with E-state index in [9.17, 15) is 14.0 Å². The Bertz CT molecular complexity index is 1160. The molecule has 150 valence electrons. The zero-order chi connectivity index (χ0) is 21.1. The van der Waals surface area contributed by atoms with Gasteiger partial charge in [-0.05, 0) is 53.9 Å². The Morgan fingerprint density at radius 1 is 1.00 bits per heavy atom. The molecule has 0 fully saturated rings. The van der Waals surface area contributed by atoms with Crippen LogP contribution in [0, 0.1) is 5.82 Å². The van der Waals surface area contributed by atoms with Crippen LogP contribution in [-0.4, -0.2) is 17.0 Å². The van der Waals surface area contributed by atoms with Crippen molar-refractivity contribution in [1.29, 1.82) is 0 Å². The van der Waals surface area contributed by atoms with Crippen molar-refractivity contribution in [3.05, 3.63) is 95.3 Å². The maximum Gasteiger partial charge on any atom is 0.303 e. The lowest BCUT2D eigenvalue weighted by molar-refractivity contribution is -0.137. The summed E-state index contributed by atoms with van der Waals surface area (Å²) in [5, 5.41) is 15.0. The first-order valence-electron chi connectivity index (χ1n) is 9.50. The number of para-hydroxylation sites is 1. The van der Waals surface area contributed by atoms with E-state index in [2.05, 4.69) is 10.6 Å². The number of hydrogen-bond donors (Lipinski definition) is 3. The van der Waals surface area contributed by atoms with E-state index in [1.807, 2.05) is 54.6 Å². The van der Waals surface area contributed by atoms with Crippen molar-refractivity contribution in [3.63, 3.8) is 0 Å². The molecule has 0 saturated carbocycles. The fourth-order valence-corrected chi connectivity index (χ4v) is 3.47. The average molecular weight is 402 g/mol. The van der Waals surface area contributed by atoms with Gasteiger partial charge in [-0.25, -0.2) is 4.39 Å². The zero-order valence-electron chi connectivity index (χ0n) is 16.0. The van der Waals surface area contributed by atoms with Crippen LogP contribution < -0.4 is 10.6 Å². The molecule has 0 bridgehead atoms. The van der Waals surface area contributed by atoms with Crippen LogP contribution in [0.15, 0.2) is 72.8 Å². The maximum atomic E-state index is 13.7. The van der Waals surface area contributed by atoms with E-state index >= 15 is 0 Å². The summed E-state index contributed by atoms with van der Waals surface area (Å²) in [6.07, 6.45) is 0.398. The molecule has 1 aliphatic rings. The van der Waals surface area contributed by atoms with Crippen molar-refractivity contribution in [2.45, 2.75) is 12.8 Å². The second kappa shape index (κ2) is 8.21. The van der Waals surface area contributed by atoms with E-state index in [-0.39, 0.29) is 12.3 Å². The number of amides is 1. The minimum absolute atomic E-state index is 0.0179. The summed E-state index contributed by atoms with van der Waals surface area (Å²) in [5.41, 5.74) is 4.38. The quantitative estimate of drug-likeness (QED) is 0.519. The number of halogens is 1. The van der Waals surface area contributed by atoms with Gasteiger partial charge < -0.3 is 15.7 Å². The van der Waals surface area contributed by atoms with Crippen LogP contribution in [0.1, 0.15) is 23.1 Å². The smallest absolute Gasteiger partial charge is 0.303 e. The molecule has 1 amide bonds. The first-order chi connectivity index (χ1) is 14.5. The minimum atomic E-state index is -0.868. The van der Waals surface area contributed by atoms with Crippen molar-refractivity contribution in [3.8, 4) is 0 Å². The average Bonchev–Trinajstić information content (AvgIpc) is 3.06. The molecule has 0 spiro atoms. The number of benzene rings is 3. The molecule has 6 heteroatoms. The first-order valence-corrected chi connectivity index (χ1v) is 9.50. The molecule has 3 aromatic rings. The van der Waals surface area contributed by atoms with E-state index in [0.29, 0.717) is 28.9 Å². The van der Waals surface area contributed by atoms with Crippen molar-refractivity contribution in [1.82, 2.24) is 0 Å². The van der Waals surface area contributed by atoms with Crippen LogP contribution in [0.4, 0.5) is 15.8 Å². The number of aryl methyl sites for hydroxylation is 1. The van der Waals surface area contributed by atoms with E-state index in [4.69, 9.17) is 5.11 Å². The van der Waals surface area contributed by atoms with Crippen molar-refractivity contribution in [2.24, 2.45) is 0 Å². The van der Waals surface area contributed by atoms with Crippen LogP contribution in [0.5, 0.6) is 0 Å². The van der Waals surface area contributed by atoms with E-state index in [0.717, 1.165) is 16.8 Å². The standard InChI is InChI=1S/C24H19FN2O3/c25-17-10-11-19-20(14-17)27-24(30)22(19)23(26-18-7-2-1-3-8-18)16-6-4-5-15(13-16)9-12-21(28)29/h1-8,10-11,13-14,26H,9,12H2,(H,27,30)(H,28,29)/b23-22-. The normalized spacial score (nSPS) is 14.1. The molecule has 30 heavy (non-hydrogen) atoms. The van der Waals surface area contributed by atoms with Gasteiger partial charge in [0.25, 0.3) is 5.91 Å². The van der Waals surface area contributed by atoms with Crippen LogP contribution in [0.25, 0.3) is 11.3 Å². The number of rotatable bonds is 6. The first kappa shape index (κ1) is 19.4. The van der Waals surface area contributed by atoms with Crippen molar-refractivity contribution >= 4 is 34.5 Å². The molecule has 0 atom stereocenters. The Hall–Kier alpha value is -3.93. The van der Waals surface area contributed by atoms with E-state index in [1.54, 1.807) is 6.07 Å².